The van der Waals surface area contributed by atoms with Crippen LogP contribution < -0.4 is 9.64 Å². The lowest BCUT2D eigenvalue weighted by Gasteiger charge is -2.35. The van der Waals surface area contributed by atoms with E-state index in [9.17, 15) is 14.9 Å². The van der Waals surface area contributed by atoms with Gasteiger partial charge >= 0.3 is 0 Å². The molecule has 11 nitrogen and oxygen atoms in total. The number of hydrogen-bond acceptors (Lipinski definition) is 8. The first kappa shape index (κ1) is 24.3. The number of amides is 1. The number of methoxy groups -OCH3 is 1. The van der Waals surface area contributed by atoms with Gasteiger partial charge < -0.3 is 14.5 Å². The quantitative estimate of drug-likeness (QED) is 0.244. The van der Waals surface area contributed by atoms with Gasteiger partial charge in [-0.25, -0.2) is 9.38 Å². The number of para-hydroxylation sites is 2. The minimum Gasteiger partial charge on any atom is -0.497 e. The Labute approximate surface area is 223 Å². The van der Waals surface area contributed by atoms with Crippen molar-refractivity contribution < 1.29 is 14.5 Å². The molecule has 1 fully saturated rings. The lowest BCUT2D eigenvalue weighted by molar-refractivity contribution is -0.384. The fraction of sp³-hybridized carbons (Fsp3) is 0.214. The largest absolute Gasteiger partial charge is 0.497 e. The smallest absolute Gasteiger partial charge is 0.280 e. The van der Waals surface area contributed by atoms with Crippen molar-refractivity contribution in [3.05, 3.63) is 88.5 Å². The maximum Gasteiger partial charge on any atom is 0.280 e. The Morgan fingerprint density at radius 2 is 1.74 bits per heavy atom. The van der Waals surface area contributed by atoms with Gasteiger partial charge in [0.15, 0.2) is 11.5 Å². The highest BCUT2D eigenvalue weighted by atomic mass is 16.6. The number of ether oxygens (including phenoxy) is 1. The van der Waals surface area contributed by atoms with E-state index < -0.39 is 4.92 Å². The van der Waals surface area contributed by atoms with Crippen molar-refractivity contribution in [2.24, 2.45) is 0 Å². The molecule has 5 aromatic rings. The number of nitrogens with zero attached hydrogens (tertiary/aromatic N) is 7. The molecule has 0 atom stereocenters. The molecule has 1 aliphatic rings. The van der Waals surface area contributed by atoms with Gasteiger partial charge in [0, 0.05) is 37.6 Å². The Balaban J connectivity index is 1.34. The number of aromatic nitrogens is 4. The van der Waals surface area contributed by atoms with Crippen LogP contribution in [0.25, 0.3) is 27.9 Å². The standard InChI is InChI=1S/C28H25N7O4/c1-39-20-8-6-7-19(17-20)18-25(36)32-13-15-33(16-14-32)28-29-23-11-4-2-9-21(23)26-30-31-27(34(26)28)22-10-3-5-12-24(22)35(37)38/h2-12,17H,13-16,18H2,1H3. The Morgan fingerprint density at radius 3 is 2.54 bits per heavy atom. The molecule has 0 bridgehead atoms. The molecular weight excluding hydrogens is 498 g/mol. The number of carbonyl (C=O) groups excluding carboxylic acids is 1. The van der Waals surface area contributed by atoms with E-state index in [0.29, 0.717) is 55.6 Å². The first-order chi connectivity index (χ1) is 19.0. The van der Waals surface area contributed by atoms with Crippen LogP contribution in [0.3, 0.4) is 0 Å². The third kappa shape index (κ3) is 4.48. The minimum atomic E-state index is -0.419. The summed E-state index contributed by atoms with van der Waals surface area (Å²) in [7, 11) is 1.61. The molecule has 3 heterocycles. The summed E-state index contributed by atoms with van der Waals surface area (Å²) in [6.45, 7) is 2.11. The van der Waals surface area contributed by atoms with Crippen LogP contribution in [0.5, 0.6) is 5.75 Å². The van der Waals surface area contributed by atoms with Crippen molar-refractivity contribution in [3.8, 4) is 17.1 Å². The molecule has 0 N–H and O–H groups in total. The van der Waals surface area contributed by atoms with Crippen molar-refractivity contribution in [1.29, 1.82) is 0 Å². The average molecular weight is 524 g/mol. The Hall–Kier alpha value is -5.06. The molecule has 3 aromatic carbocycles. The molecular formula is C28H25N7O4. The molecule has 0 unspecified atom stereocenters. The molecule has 1 amide bonds. The molecule has 1 saturated heterocycles. The van der Waals surface area contributed by atoms with E-state index in [4.69, 9.17) is 9.72 Å². The number of fused-ring (bicyclic) bond motifs is 3. The van der Waals surface area contributed by atoms with Crippen LogP contribution in [0.4, 0.5) is 11.6 Å². The summed E-state index contributed by atoms with van der Waals surface area (Å²) in [5, 5.41) is 21.4. The van der Waals surface area contributed by atoms with Gasteiger partial charge in [-0.2, -0.15) is 0 Å². The highest BCUT2D eigenvalue weighted by Gasteiger charge is 2.28. The van der Waals surface area contributed by atoms with Crippen molar-refractivity contribution in [1.82, 2.24) is 24.5 Å². The zero-order valence-electron chi connectivity index (χ0n) is 21.2. The minimum absolute atomic E-state index is 0.0458. The van der Waals surface area contributed by atoms with Crippen molar-refractivity contribution >= 4 is 34.1 Å². The van der Waals surface area contributed by atoms with Crippen LogP contribution in [0, 0.1) is 10.1 Å². The summed E-state index contributed by atoms with van der Waals surface area (Å²) in [6.07, 6.45) is 0.295. The van der Waals surface area contributed by atoms with Crippen LogP contribution in [0.15, 0.2) is 72.8 Å². The number of piperazine rings is 1. The van der Waals surface area contributed by atoms with Gasteiger partial charge in [-0.1, -0.05) is 36.4 Å². The van der Waals surface area contributed by atoms with Crippen LogP contribution in [0.2, 0.25) is 0 Å². The number of rotatable bonds is 6. The number of hydrogen-bond donors (Lipinski definition) is 0. The average Bonchev–Trinajstić information content (AvgIpc) is 3.42. The number of carbonyl (C=O) groups is 1. The number of nitro groups is 1. The Morgan fingerprint density at radius 1 is 0.974 bits per heavy atom. The maximum atomic E-state index is 13.1. The summed E-state index contributed by atoms with van der Waals surface area (Å²) in [4.78, 5) is 33.3. The number of nitro benzene ring substituents is 1. The fourth-order valence-electron chi connectivity index (χ4n) is 5.00. The van der Waals surface area contributed by atoms with Gasteiger partial charge in [0.25, 0.3) is 5.69 Å². The van der Waals surface area contributed by atoms with Gasteiger partial charge in [0.05, 0.1) is 29.5 Å². The molecule has 39 heavy (non-hydrogen) atoms. The van der Waals surface area contributed by atoms with E-state index in [0.717, 1.165) is 22.2 Å². The second-order valence-electron chi connectivity index (χ2n) is 9.28. The zero-order valence-corrected chi connectivity index (χ0v) is 21.2. The second-order valence-corrected chi connectivity index (χ2v) is 9.28. The van der Waals surface area contributed by atoms with E-state index >= 15 is 0 Å². The van der Waals surface area contributed by atoms with Crippen LogP contribution >= 0.6 is 0 Å². The summed E-state index contributed by atoms with van der Waals surface area (Å²) in [5.74, 6) is 1.70. The SMILES string of the molecule is COc1cccc(CC(=O)N2CCN(c3nc4ccccc4c4nnc(-c5ccccc5[N+](=O)[O-])n34)CC2)c1. The normalized spacial score (nSPS) is 13.7. The van der Waals surface area contributed by atoms with Crippen LogP contribution in [-0.2, 0) is 11.2 Å². The predicted molar refractivity (Wildman–Crippen MR) is 146 cm³/mol. The molecule has 0 aliphatic carbocycles. The van der Waals surface area contributed by atoms with Crippen LogP contribution in [-0.4, -0.2) is 68.6 Å². The van der Waals surface area contributed by atoms with Gasteiger partial charge in [0.1, 0.15) is 5.75 Å². The fourth-order valence-corrected chi connectivity index (χ4v) is 5.00. The van der Waals surface area contributed by atoms with Crippen molar-refractivity contribution in [3.63, 3.8) is 0 Å². The summed E-state index contributed by atoms with van der Waals surface area (Å²) in [6, 6.07) is 21.6. The summed E-state index contributed by atoms with van der Waals surface area (Å²) < 4.78 is 7.07. The van der Waals surface area contributed by atoms with E-state index in [1.165, 1.54) is 6.07 Å². The van der Waals surface area contributed by atoms with Gasteiger partial charge in [0.2, 0.25) is 11.9 Å². The lowest BCUT2D eigenvalue weighted by atomic mass is 10.1. The van der Waals surface area contributed by atoms with Crippen molar-refractivity contribution in [2.75, 3.05) is 38.2 Å². The zero-order chi connectivity index (χ0) is 26.9. The molecule has 0 saturated carbocycles. The lowest BCUT2D eigenvalue weighted by Crippen LogP contribution is -2.50. The van der Waals surface area contributed by atoms with E-state index in [1.54, 1.807) is 29.7 Å². The van der Waals surface area contributed by atoms with E-state index in [-0.39, 0.29) is 11.6 Å². The topological polar surface area (TPSA) is 119 Å². The third-order valence-electron chi connectivity index (χ3n) is 6.97. The molecule has 2 aromatic heterocycles. The van der Waals surface area contributed by atoms with Crippen molar-refractivity contribution in [2.45, 2.75) is 6.42 Å². The summed E-state index contributed by atoms with van der Waals surface area (Å²) >= 11 is 0. The molecule has 0 radical (unpaired) electrons. The third-order valence-corrected chi connectivity index (χ3v) is 6.97. The number of benzene rings is 3. The second kappa shape index (κ2) is 10.0. The first-order valence-corrected chi connectivity index (χ1v) is 12.6. The maximum absolute atomic E-state index is 13.1. The van der Waals surface area contributed by atoms with Gasteiger partial charge in [-0.15, -0.1) is 10.2 Å². The van der Waals surface area contributed by atoms with E-state index in [1.807, 2.05) is 53.4 Å². The van der Waals surface area contributed by atoms with Gasteiger partial charge in [-0.3, -0.25) is 14.9 Å². The Kier molecular flexibility index (Phi) is 6.23. The Bertz CT molecular complexity index is 1710. The predicted octanol–water partition coefficient (Wildman–Crippen LogP) is 3.75. The van der Waals surface area contributed by atoms with Gasteiger partial charge in [-0.05, 0) is 35.9 Å². The summed E-state index contributed by atoms with van der Waals surface area (Å²) in [5.41, 5.74) is 2.52. The highest BCUT2D eigenvalue weighted by molar-refractivity contribution is 5.93. The molecule has 11 heteroatoms. The molecule has 196 valence electrons. The van der Waals surface area contributed by atoms with E-state index in [2.05, 4.69) is 15.1 Å². The molecule has 0 spiro atoms. The number of anilines is 1. The molecule has 1 aliphatic heterocycles. The first-order valence-electron chi connectivity index (χ1n) is 12.6. The van der Waals surface area contributed by atoms with Crippen LogP contribution in [0.1, 0.15) is 5.56 Å². The highest BCUT2D eigenvalue weighted by Crippen LogP contribution is 2.33. The monoisotopic (exact) mass is 523 g/mol. The molecule has 6 rings (SSSR count).